The Bertz CT molecular complexity index is 924. The molecule has 0 aliphatic carbocycles. The Morgan fingerprint density at radius 3 is 2.04 bits per heavy atom. The van der Waals surface area contributed by atoms with Crippen molar-refractivity contribution in [1.82, 2.24) is 9.97 Å². The van der Waals surface area contributed by atoms with Gasteiger partial charge in [0.25, 0.3) is 0 Å². The Morgan fingerprint density at radius 2 is 1.29 bits per heavy atom. The van der Waals surface area contributed by atoms with Crippen LogP contribution in [0, 0.1) is 0 Å². The van der Waals surface area contributed by atoms with E-state index in [1.807, 2.05) is 30.5 Å². The van der Waals surface area contributed by atoms with Gasteiger partial charge in [-0.15, -0.1) is 0 Å². The van der Waals surface area contributed by atoms with Crippen LogP contribution in [-0.2, 0) is 6.42 Å². The van der Waals surface area contributed by atoms with Gasteiger partial charge in [-0.25, -0.2) is 4.98 Å². The SMILES string of the molecule is c1ccc(-c2ncc(Cc3ccccc3-c3ccccc3)[nH]2)cc1. The number of rotatable bonds is 4. The van der Waals surface area contributed by atoms with E-state index in [1.165, 1.54) is 16.7 Å². The Morgan fingerprint density at radius 1 is 0.667 bits per heavy atom. The van der Waals surface area contributed by atoms with Gasteiger partial charge in [0, 0.05) is 23.9 Å². The third-order valence-electron chi connectivity index (χ3n) is 4.16. The molecule has 3 aromatic carbocycles. The minimum Gasteiger partial charge on any atom is -0.342 e. The molecule has 0 unspecified atom stereocenters. The van der Waals surface area contributed by atoms with Crippen LogP contribution >= 0.6 is 0 Å². The van der Waals surface area contributed by atoms with E-state index >= 15 is 0 Å². The lowest BCUT2D eigenvalue weighted by Gasteiger charge is -2.08. The summed E-state index contributed by atoms with van der Waals surface area (Å²) in [4.78, 5) is 7.97. The average Bonchev–Trinajstić information content (AvgIpc) is 3.12. The highest BCUT2D eigenvalue weighted by atomic mass is 14.9. The predicted octanol–water partition coefficient (Wildman–Crippen LogP) is 5.33. The summed E-state index contributed by atoms with van der Waals surface area (Å²) in [6.45, 7) is 0. The quantitative estimate of drug-likeness (QED) is 0.542. The van der Waals surface area contributed by atoms with Crippen LogP contribution in [0.1, 0.15) is 11.3 Å². The maximum atomic E-state index is 4.53. The van der Waals surface area contributed by atoms with Gasteiger partial charge < -0.3 is 4.98 Å². The molecule has 0 radical (unpaired) electrons. The molecule has 0 saturated heterocycles. The third-order valence-corrected chi connectivity index (χ3v) is 4.16. The zero-order valence-corrected chi connectivity index (χ0v) is 13.3. The topological polar surface area (TPSA) is 28.7 Å². The van der Waals surface area contributed by atoms with Gasteiger partial charge in [-0.2, -0.15) is 0 Å². The average molecular weight is 310 g/mol. The van der Waals surface area contributed by atoms with Crippen molar-refractivity contribution in [1.29, 1.82) is 0 Å². The number of nitrogens with one attached hydrogen (secondary N) is 1. The highest BCUT2D eigenvalue weighted by molar-refractivity contribution is 5.67. The van der Waals surface area contributed by atoms with Crippen LogP contribution in [0.2, 0.25) is 0 Å². The largest absolute Gasteiger partial charge is 0.342 e. The van der Waals surface area contributed by atoms with Crippen LogP contribution in [0.25, 0.3) is 22.5 Å². The number of benzene rings is 3. The molecule has 24 heavy (non-hydrogen) atoms. The van der Waals surface area contributed by atoms with Crippen molar-refractivity contribution in [3.63, 3.8) is 0 Å². The molecule has 1 N–H and O–H groups in total. The van der Waals surface area contributed by atoms with E-state index in [1.54, 1.807) is 0 Å². The number of imidazole rings is 1. The summed E-state index contributed by atoms with van der Waals surface area (Å²) in [5.74, 6) is 0.919. The highest BCUT2D eigenvalue weighted by Gasteiger charge is 2.08. The van der Waals surface area contributed by atoms with Crippen molar-refractivity contribution in [2.24, 2.45) is 0 Å². The van der Waals surface area contributed by atoms with E-state index in [9.17, 15) is 0 Å². The second kappa shape index (κ2) is 6.55. The number of aromatic nitrogens is 2. The summed E-state index contributed by atoms with van der Waals surface area (Å²) >= 11 is 0. The standard InChI is InChI=1S/C22H18N2/c1-3-9-17(10-4-1)21-14-8-7-13-19(21)15-20-16-23-22(24-20)18-11-5-2-6-12-18/h1-14,16H,15H2,(H,23,24). The molecule has 0 aliphatic heterocycles. The molecule has 116 valence electrons. The summed E-state index contributed by atoms with van der Waals surface area (Å²) in [5.41, 5.74) is 6.05. The van der Waals surface area contributed by atoms with Gasteiger partial charge in [-0.05, 0) is 16.7 Å². The molecule has 0 atom stereocenters. The van der Waals surface area contributed by atoms with E-state index in [-0.39, 0.29) is 0 Å². The van der Waals surface area contributed by atoms with Gasteiger partial charge in [0.1, 0.15) is 5.82 Å². The van der Waals surface area contributed by atoms with E-state index in [2.05, 4.69) is 70.6 Å². The number of hydrogen-bond acceptors (Lipinski definition) is 1. The fraction of sp³-hybridized carbons (Fsp3) is 0.0455. The van der Waals surface area contributed by atoms with Gasteiger partial charge in [-0.3, -0.25) is 0 Å². The van der Waals surface area contributed by atoms with E-state index in [0.717, 1.165) is 23.5 Å². The van der Waals surface area contributed by atoms with Crippen LogP contribution in [0.4, 0.5) is 0 Å². The van der Waals surface area contributed by atoms with Crippen LogP contribution in [-0.4, -0.2) is 9.97 Å². The summed E-state index contributed by atoms with van der Waals surface area (Å²) in [6.07, 6.45) is 2.77. The first kappa shape index (κ1) is 14.5. The first-order chi connectivity index (χ1) is 11.9. The van der Waals surface area contributed by atoms with E-state index < -0.39 is 0 Å². The van der Waals surface area contributed by atoms with Crippen molar-refractivity contribution in [2.75, 3.05) is 0 Å². The maximum Gasteiger partial charge on any atom is 0.137 e. The number of nitrogens with zero attached hydrogens (tertiary/aromatic N) is 1. The fourth-order valence-corrected chi connectivity index (χ4v) is 2.97. The van der Waals surface area contributed by atoms with Crippen LogP contribution in [0.15, 0.2) is 91.1 Å². The summed E-state index contributed by atoms with van der Waals surface area (Å²) in [5, 5.41) is 0. The lowest BCUT2D eigenvalue weighted by molar-refractivity contribution is 1.11. The maximum absolute atomic E-state index is 4.53. The zero-order chi connectivity index (χ0) is 16.2. The van der Waals surface area contributed by atoms with Crippen LogP contribution < -0.4 is 0 Å². The summed E-state index contributed by atoms with van der Waals surface area (Å²) in [6, 6.07) is 29.3. The van der Waals surface area contributed by atoms with Crippen molar-refractivity contribution in [2.45, 2.75) is 6.42 Å². The van der Waals surface area contributed by atoms with Crippen LogP contribution in [0.3, 0.4) is 0 Å². The Hall–Kier alpha value is -3.13. The minimum absolute atomic E-state index is 0.838. The molecule has 4 aromatic rings. The first-order valence-corrected chi connectivity index (χ1v) is 8.13. The fourth-order valence-electron chi connectivity index (χ4n) is 2.97. The Balaban J connectivity index is 1.64. The second-order valence-electron chi connectivity index (χ2n) is 5.82. The number of aromatic amines is 1. The van der Waals surface area contributed by atoms with Gasteiger partial charge in [0.05, 0.1) is 0 Å². The first-order valence-electron chi connectivity index (χ1n) is 8.13. The molecule has 0 spiro atoms. The Kier molecular flexibility index (Phi) is 3.95. The molecule has 0 amide bonds. The van der Waals surface area contributed by atoms with Crippen molar-refractivity contribution in [3.05, 3.63) is 102 Å². The van der Waals surface area contributed by atoms with Gasteiger partial charge in [0.15, 0.2) is 0 Å². The number of hydrogen-bond donors (Lipinski definition) is 1. The summed E-state index contributed by atoms with van der Waals surface area (Å²) < 4.78 is 0. The molecule has 1 heterocycles. The smallest absolute Gasteiger partial charge is 0.137 e. The van der Waals surface area contributed by atoms with Gasteiger partial charge >= 0.3 is 0 Å². The molecular weight excluding hydrogens is 292 g/mol. The minimum atomic E-state index is 0.838. The third kappa shape index (κ3) is 2.99. The molecule has 2 nitrogen and oxygen atoms in total. The van der Waals surface area contributed by atoms with Gasteiger partial charge in [0.2, 0.25) is 0 Å². The van der Waals surface area contributed by atoms with Crippen molar-refractivity contribution >= 4 is 0 Å². The van der Waals surface area contributed by atoms with Crippen molar-refractivity contribution in [3.8, 4) is 22.5 Å². The lowest BCUT2D eigenvalue weighted by Crippen LogP contribution is -1.92. The monoisotopic (exact) mass is 310 g/mol. The normalized spacial score (nSPS) is 10.7. The van der Waals surface area contributed by atoms with Crippen LogP contribution in [0.5, 0.6) is 0 Å². The van der Waals surface area contributed by atoms with Gasteiger partial charge in [-0.1, -0.05) is 84.9 Å². The molecule has 2 heteroatoms. The summed E-state index contributed by atoms with van der Waals surface area (Å²) in [7, 11) is 0. The molecule has 0 saturated carbocycles. The zero-order valence-electron chi connectivity index (χ0n) is 13.3. The molecular formula is C22H18N2. The molecule has 0 aliphatic rings. The molecule has 0 fully saturated rings. The van der Waals surface area contributed by atoms with Crippen molar-refractivity contribution < 1.29 is 0 Å². The second-order valence-corrected chi connectivity index (χ2v) is 5.82. The van der Waals surface area contributed by atoms with E-state index in [0.29, 0.717) is 0 Å². The van der Waals surface area contributed by atoms with E-state index in [4.69, 9.17) is 0 Å². The lowest BCUT2D eigenvalue weighted by atomic mass is 9.97. The predicted molar refractivity (Wildman–Crippen MR) is 98.7 cm³/mol. The highest BCUT2D eigenvalue weighted by Crippen LogP contribution is 2.25. The molecule has 4 rings (SSSR count). The number of H-pyrrole nitrogens is 1. The molecule has 1 aromatic heterocycles. The molecule has 0 bridgehead atoms. The Labute approximate surface area is 141 Å².